The molecule has 1 N–H and O–H groups in total. The van der Waals surface area contributed by atoms with Crippen molar-refractivity contribution in [2.75, 3.05) is 25.3 Å². The summed E-state index contributed by atoms with van der Waals surface area (Å²) in [6, 6.07) is 19.7. The fraction of sp³-hybridized carbons (Fsp3) is 0.167. The van der Waals surface area contributed by atoms with E-state index in [0.717, 1.165) is 10.5 Å². The molecular weight excluding hydrogens is 434 g/mol. The maximum absolute atomic E-state index is 12.6. The normalized spacial score (nSPS) is 10.4. The van der Waals surface area contributed by atoms with Crippen molar-refractivity contribution in [3.05, 3.63) is 82.9 Å². The lowest BCUT2D eigenvalue weighted by Crippen LogP contribution is -2.14. The maximum atomic E-state index is 12.6. The van der Waals surface area contributed by atoms with Crippen molar-refractivity contribution in [1.29, 1.82) is 0 Å². The Bertz CT molecular complexity index is 1070. The summed E-state index contributed by atoms with van der Waals surface area (Å²) in [5.41, 5.74) is 2.12. The highest BCUT2D eigenvalue weighted by molar-refractivity contribution is 8.00. The number of Topliss-reactive ketones (excluding diaryl/α,β-unsaturated/α-hetero) is 1. The van der Waals surface area contributed by atoms with Crippen LogP contribution in [0, 0.1) is 0 Å². The van der Waals surface area contributed by atoms with Gasteiger partial charge in [0.15, 0.2) is 17.3 Å². The zero-order chi connectivity index (χ0) is 22.2. The molecule has 0 aliphatic rings. The number of nitrogens with one attached hydrogen (secondary N) is 1. The predicted molar refractivity (Wildman–Crippen MR) is 125 cm³/mol. The van der Waals surface area contributed by atoms with Gasteiger partial charge in [-0.25, -0.2) is 0 Å². The highest BCUT2D eigenvalue weighted by atomic mass is 35.5. The summed E-state index contributed by atoms with van der Waals surface area (Å²) in [4.78, 5) is 25.8. The Morgan fingerprint density at radius 1 is 0.935 bits per heavy atom. The monoisotopic (exact) mass is 455 g/mol. The number of halogens is 1. The van der Waals surface area contributed by atoms with E-state index in [1.165, 1.54) is 18.9 Å². The van der Waals surface area contributed by atoms with Crippen LogP contribution >= 0.6 is 23.4 Å². The molecule has 31 heavy (non-hydrogen) atoms. The van der Waals surface area contributed by atoms with E-state index in [9.17, 15) is 9.59 Å². The Kier molecular flexibility index (Phi) is 7.98. The molecule has 5 nitrogen and oxygen atoms in total. The molecule has 0 aromatic heterocycles. The molecule has 1 amide bonds. The van der Waals surface area contributed by atoms with Crippen molar-refractivity contribution < 1.29 is 19.1 Å². The summed E-state index contributed by atoms with van der Waals surface area (Å²) in [5.74, 6) is 1.21. The molecule has 0 atom stereocenters. The first-order valence-electron chi connectivity index (χ1n) is 9.51. The molecule has 0 radical (unpaired) electrons. The van der Waals surface area contributed by atoms with Crippen molar-refractivity contribution in [3.63, 3.8) is 0 Å². The van der Waals surface area contributed by atoms with Crippen LogP contribution < -0.4 is 14.8 Å². The minimum Gasteiger partial charge on any atom is -0.493 e. The third-order valence-electron chi connectivity index (χ3n) is 4.47. The SMILES string of the molecule is COc1ccc(C(=O)CSc2cccc(NC(=O)Cc3ccc(Cl)cc3)c2)cc1OC. The second kappa shape index (κ2) is 10.9. The highest BCUT2D eigenvalue weighted by Crippen LogP contribution is 2.29. The second-order valence-corrected chi connectivity index (χ2v) is 8.15. The number of benzene rings is 3. The molecule has 0 unspecified atom stereocenters. The van der Waals surface area contributed by atoms with Gasteiger partial charge < -0.3 is 14.8 Å². The van der Waals surface area contributed by atoms with Crippen LogP contribution in [-0.2, 0) is 11.2 Å². The van der Waals surface area contributed by atoms with Crippen LogP contribution in [0.25, 0.3) is 0 Å². The Hall–Kier alpha value is -2.96. The van der Waals surface area contributed by atoms with Gasteiger partial charge in [0, 0.05) is 21.2 Å². The Balaban J connectivity index is 1.58. The number of hydrogen-bond donors (Lipinski definition) is 1. The van der Waals surface area contributed by atoms with Crippen molar-refractivity contribution in [1.82, 2.24) is 0 Å². The van der Waals surface area contributed by atoms with Gasteiger partial charge >= 0.3 is 0 Å². The number of amides is 1. The van der Waals surface area contributed by atoms with Crippen LogP contribution in [0.4, 0.5) is 5.69 Å². The molecule has 0 aliphatic heterocycles. The number of carbonyl (C=O) groups is 2. The van der Waals surface area contributed by atoms with Gasteiger partial charge in [-0.1, -0.05) is 29.8 Å². The lowest BCUT2D eigenvalue weighted by atomic mass is 10.1. The second-order valence-electron chi connectivity index (χ2n) is 6.66. The topological polar surface area (TPSA) is 64.6 Å². The molecular formula is C24H22ClNO4S. The minimum absolute atomic E-state index is 0.0249. The standard InChI is InChI=1S/C24H22ClNO4S/c1-29-22-11-8-17(13-23(22)30-2)21(27)15-31-20-5-3-4-19(14-20)26-24(28)12-16-6-9-18(25)10-7-16/h3-11,13-14H,12,15H2,1-2H3,(H,26,28). The van der Waals surface area contributed by atoms with E-state index < -0.39 is 0 Å². The number of thioether (sulfide) groups is 1. The predicted octanol–water partition coefficient (Wildman–Crippen LogP) is 5.51. The van der Waals surface area contributed by atoms with Crippen LogP contribution in [0.15, 0.2) is 71.6 Å². The number of hydrogen-bond acceptors (Lipinski definition) is 5. The van der Waals surface area contributed by atoms with E-state index in [1.807, 2.05) is 36.4 Å². The van der Waals surface area contributed by atoms with Crippen molar-refractivity contribution in [2.24, 2.45) is 0 Å². The Morgan fingerprint density at radius 2 is 1.68 bits per heavy atom. The molecule has 0 heterocycles. The van der Waals surface area contributed by atoms with E-state index >= 15 is 0 Å². The maximum Gasteiger partial charge on any atom is 0.228 e. The number of carbonyl (C=O) groups excluding carboxylic acids is 2. The van der Waals surface area contributed by atoms with Crippen molar-refractivity contribution >= 4 is 40.7 Å². The molecule has 0 aliphatic carbocycles. The number of ketones is 1. The number of methoxy groups -OCH3 is 2. The van der Waals surface area contributed by atoms with Crippen LogP contribution in [0.2, 0.25) is 5.02 Å². The van der Waals surface area contributed by atoms with E-state index in [-0.39, 0.29) is 23.9 Å². The molecule has 0 bridgehead atoms. The van der Waals surface area contributed by atoms with E-state index in [4.69, 9.17) is 21.1 Å². The molecule has 0 saturated heterocycles. The zero-order valence-electron chi connectivity index (χ0n) is 17.2. The van der Waals surface area contributed by atoms with Gasteiger partial charge in [-0.05, 0) is 54.1 Å². The number of rotatable bonds is 9. The first-order chi connectivity index (χ1) is 15.0. The summed E-state index contributed by atoms with van der Waals surface area (Å²) < 4.78 is 10.5. The van der Waals surface area contributed by atoms with E-state index in [1.54, 1.807) is 37.4 Å². The summed E-state index contributed by atoms with van der Waals surface area (Å²) >= 11 is 7.28. The quantitative estimate of drug-likeness (QED) is 0.340. The first kappa shape index (κ1) is 22.7. The van der Waals surface area contributed by atoms with Gasteiger partial charge in [0.05, 0.1) is 26.4 Å². The Labute approximate surface area is 190 Å². The molecule has 7 heteroatoms. The third-order valence-corrected chi connectivity index (χ3v) is 5.72. The average Bonchev–Trinajstić information content (AvgIpc) is 2.78. The lowest BCUT2D eigenvalue weighted by Gasteiger charge is -2.10. The molecule has 3 aromatic carbocycles. The van der Waals surface area contributed by atoms with Crippen LogP contribution in [-0.4, -0.2) is 31.7 Å². The van der Waals surface area contributed by atoms with Crippen LogP contribution in [0.1, 0.15) is 15.9 Å². The number of ether oxygens (including phenoxy) is 2. The van der Waals surface area contributed by atoms with Crippen LogP contribution in [0.5, 0.6) is 11.5 Å². The van der Waals surface area contributed by atoms with Gasteiger partial charge in [-0.15, -0.1) is 11.8 Å². The first-order valence-corrected chi connectivity index (χ1v) is 10.9. The molecule has 0 fully saturated rings. The van der Waals surface area contributed by atoms with Crippen molar-refractivity contribution in [2.45, 2.75) is 11.3 Å². The van der Waals surface area contributed by atoms with Crippen molar-refractivity contribution in [3.8, 4) is 11.5 Å². The highest BCUT2D eigenvalue weighted by Gasteiger charge is 2.12. The van der Waals surface area contributed by atoms with E-state index in [2.05, 4.69) is 5.32 Å². The van der Waals surface area contributed by atoms with Gasteiger partial charge in [0.2, 0.25) is 5.91 Å². The zero-order valence-corrected chi connectivity index (χ0v) is 18.8. The summed E-state index contributed by atoms with van der Waals surface area (Å²) in [7, 11) is 3.09. The van der Waals surface area contributed by atoms with Gasteiger partial charge in [-0.2, -0.15) is 0 Å². The van der Waals surface area contributed by atoms with Crippen LogP contribution in [0.3, 0.4) is 0 Å². The minimum atomic E-state index is -0.120. The lowest BCUT2D eigenvalue weighted by molar-refractivity contribution is -0.115. The smallest absolute Gasteiger partial charge is 0.228 e. The fourth-order valence-corrected chi connectivity index (χ4v) is 3.87. The Morgan fingerprint density at radius 3 is 2.39 bits per heavy atom. The molecule has 0 saturated carbocycles. The largest absolute Gasteiger partial charge is 0.493 e. The van der Waals surface area contributed by atoms with Gasteiger partial charge in [-0.3, -0.25) is 9.59 Å². The summed E-state index contributed by atoms with van der Waals surface area (Å²) in [6.45, 7) is 0. The number of anilines is 1. The fourth-order valence-electron chi connectivity index (χ4n) is 2.90. The van der Waals surface area contributed by atoms with Gasteiger partial charge in [0.25, 0.3) is 0 Å². The van der Waals surface area contributed by atoms with E-state index in [0.29, 0.717) is 27.8 Å². The molecule has 3 aromatic rings. The molecule has 0 spiro atoms. The molecule has 3 rings (SSSR count). The third kappa shape index (κ3) is 6.51. The summed E-state index contributed by atoms with van der Waals surface area (Å²) in [6.07, 6.45) is 0.256. The summed E-state index contributed by atoms with van der Waals surface area (Å²) in [5, 5.41) is 3.53. The average molecular weight is 456 g/mol. The molecule has 160 valence electrons. The van der Waals surface area contributed by atoms with Gasteiger partial charge in [0.1, 0.15) is 0 Å².